The lowest BCUT2D eigenvalue weighted by molar-refractivity contribution is -0.161. The molecule has 0 aliphatic rings. The van der Waals surface area contributed by atoms with Gasteiger partial charge in [-0.15, -0.1) is 0 Å². The van der Waals surface area contributed by atoms with Crippen LogP contribution in [0.1, 0.15) is 5.56 Å². The van der Waals surface area contributed by atoms with Crippen molar-refractivity contribution in [1.29, 1.82) is 0 Å². The summed E-state index contributed by atoms with van der Waals surface area (Å²) in [6.45, 7) is 0.268. The third-order valence-electron chi connectivity index (χ3n) is 2.09. The number of benzene rings is 1. The van der Waals surface area contributed by atoms with Gasteiger partial charge in [-0.25, -0.2) is 4.79 Å². The smallest absolute Gasteiger partial charge is 0.338 e. The Labute approximate surface area is 100 Å². The van der Waals surface area contributed by atoms with Gasteiger partial charge in [0.05, 0.1) is 13.2 Å². The molecule has 0 spiro atoms. The molecule has 0 aliphatic heterocycles. The summed E-state index contributed by atoms with van der Waals surface area (Å²) >= 11 is 0. The summed E-state index contributed by atoms with van der Waals surface area (Å²) in [6, 6.07) is 9.30. The van der Waals surface area contributed by atoms with Crippen molar-refractivity contribution in [1.82, 2.24) is 0 Å². The largest absolute Gasteiger partial charge is 0.459 e. The molecule has 1 unspecified atom stereocenters. The van der Waals surface area contributed by atoms with E-state index in [1.807, 2.05) is 30.3 Å². The SMILES string of the molecule is NCCOC(CO)C(=O)OCc1ccccc1. The van der Waals surface area contributed by atoms with Gasteiger partial charge < -0.3 is 20.3 Å². The molecular weight excluding hydrogens is 222 g/mol. The van der Waals surface area contributed by atoms with Gasteiger partial charge in [-0.3, -0.25) is 0 Å². The maximum absolute atomic E-state index is 11.5. The van der Waals surface area contributed by atoms with Crippen molar-refractivity contribution >= 4 is 5.97 Å². The molecule has 17 heavy (non-hydrogen) atoms. The molecule has 1 rings (SSSR count). The van der Waals surface area contributed by atoms with E-state index in [1.165, 1.54) is 0 Å². The van der Waals surface area contributed by atoms with Crippen molar-refractivity contribution in [2.24, 2.45) is 5.73 Å². The van der Waals surface area contributed by atoms with Gasteiger partial charge in [-0.05, 0) is 5.56 Å². The Kier molecular flexibility index (Phi) is 6.24. The number of hydrogen-bond donors (Lipinski definition) is 2. The summed E-state index contributed by atoms with van der Waals surface area (Å²) in [4.78, 5) is 11.5. The summed E-state index contributed by atoms with van der Waals surface area (Å²) in [7, 11) is 0. The van der Waals surface area contributed by atoms with Crippen molar-refractivity contribution in [3.05, 3.63) is 35.9 Å². The van der Waals surface area contributed by atoms with Gasteiger partial charge in [0, 0.05) is 6.54 Å². The Balaban J connectivity index is 2.37. The summed E-state index contributed by atoms with van der Waals surface area (Å²) < 4.78 is 10.1. The van der Waals surface area contributed by atoms with E-state index in [1.54, 1.807) is 0 Å². The first kappa shape index (κ1) is 13.6. The predicted octanol–water partition coefficient (Wildman–Crippen LogP) is 0.0660. The predicted molar refractivity (Wildman–Crippen MR) is 62.1 cm³/mol. The van der Waals surface area contributed by atoms with Gasteiger partial charge >= 0.3 is 5.97 Å². The monoisotopic (exact) mass is 239 g/mol. The van der Waals surface area contributed by atoms with Crippen LogP contribution < -0.4 is 5.73 Å². The van der Waals surface area contributed by atoms with Crippen LogP contribution in [0.3, 0.4) is 0 Å². The van der Waals surface area contributed by atoms with Crippen LogP contribution in [0.5, 0.6) is 0 Å². The Morgan fingerprint density at radius 1 is 1.35 bits per heavy atom. The molecule has 94 valence electrons. The maximum atomic E-state index is 11.5. The highest BCUT2D eigenvalue weighted by Crippen LogP contribution is 2.03. The van der Waals surface area contributed by atoms with Crippen LogP contribution in [0.25, 0.3) is 0 Å². The number of esters is 1. The second-order valence-electron chi connectivity index (χ2n) is 3.42. The van der Waals surface area contributed by atoms with E-state index in [9.17, 15) is 4.79 Å². The van der Waals surface area contributed by atoms with E-state index >= 15 is 0 Å². The first-order valence-corrected chi connectivity index (χ1v) is 5.41. The fourth-order valence-electron chi connectivity index (χ4n) is 1.23. The molecule has 1 atom stereocenters. The second kappa shape index (κ2) is 7.78. The molecule has 1 aromatic carbocycles. The van der Waals surface area contributed by atoms with Crippen molar-refractivity contribution in [2.45, 2.75) is 12.7 Å². The van der Waals surface area contributed by atoms with E-state index in [0.717, 1.165) is 5.56 Å². The summed E-state index contributed by atoms with van der Waals surface area (Å²) in [5.41, 5.74) is 6.12. The molecule has 0 fully saturated rings. The number of carbonyl (C=O) groups is 1. The van der Waals surface area contributed by atoms with Crippen LogP contribution in [0.4, 0.5) is 0 Å². The van der Waals surface area contributed by atoms with Crippen LogP contribution in [0.2, 0.25) is 0 Å². The van der Waals surface area contributed by atoms with E-state index in [-0.39, 0.29) is 13.2 Å². The Hall–Kier alpha value is -1.43. The van der Waals surface area contributed by atoms with Crippen molar-refractivity contribution in [2.75, 3.05) is 19.8 Å². The maximum Gasteiger partial charge on any atom is 0.338 e. The van der Waals surface area contributed by atoms with Gasteiger partial charge in [-0.2, -0.15) is 0 Å². The fourth-order valence-corrected chi connectivity index (χ4v) is 1.23. The highest BCUT2D eigenvalue weighted by Gasteiger charge is 2.19. The Bertz CT molecular complexity index is 329. The zero-order chi connectivity index (χ0) is 12.5. The summed E-state index contributed by atoms with van der Waals surface area (Å²) in [5, 5.41) is 8.95. The molecule has 5 heteroatoms. The minimum Gasteiger partial charge on any atom is -0.459 e. The summed E-state index contributed by atoms with van der Waals surface area (Å²) in [5.74, 6) is -0.579. The molecular formula is C12H17NO4. The molecule has 1 aromatic rings. The van der Waals surface area contributed by atoms with E-state index in [0.29, 0.717) is 6.54 Å². The van der Waals surface area contributed by atoms with E-state index in [4.69, 9.17) is 20.3 Å². The van der Waals surface area contributed by atoms with Crippen LogP contribution >= 0.6 is 0 Å². The lowest BCUT2D eigenvalue weighted by Crippen LogP contribution is -2.31. The molecule has 0 heterocycles. The third kappa shape index (κ3) is 4.95. The van der Waals surface area contributed by atoms with E-state index < -0.39 is 18.7 Å². The normalized spacial score (nSPS) is 12.1. The minimum absolute atomic E-state index is 0.169. The average molecular weight is 239 g/mol. The Morgan fingerprint density at radius 3 is 2.65 bits per heavy atom. The summed E-state index contributed by atoms with van der Waals surface area (Å²) in [6.07, 6.45) is -0.956. The molecule has 5 nitrogen and oxygen atoms in total. The zero-order valence-corrected chi connectivity index (χ0v) is 9.54. The first-order chi connectivity index (χ1) is 8.27. The molecule has 0 aliphatic carbocycles. The molecule has 0 aromatic heterocycles. The molecule has 0 radical (unpaired) electrons. The number of ether oxygens (including phenoxy) is 2. The number of aliphatic hydroxyl groups is 1. The van der Waals surface area contributed by atoms with Crippen LogP contribution in [-0.2, 0) is 20.9 Å². The van der Waals surface area contributed by atoms with Crippen LogP contribution in [0, 0.1) is 0 Å². The van der Waals surface area contributed by atoms with Gasteiger partial charge in [0.15, 0.2) is 6.10 Å². The third-order valence-corrected chi connectivity index (χ3v) is 2.09. The average Bonchev–Trinajstić information content (AvgIpc) is 2.38. The topological polar surface area (TPSA) is 81.8 Å². The zero-order valence-electron chi connectivity index (χ0n) is 9.54. The van der Waals surface area contributed by atoms with Gasteiger partial charge in [0.2, 0.25) is 0 Å². The van der Waals surface area contributed by atoms with Gasteiger partial charge in [-0.1, -0.05) is 30.3 Å². The van der Waals surface area contributed by atoms with Crippen molar-refractivity contribution in [3.63, 3.8) is 0 Å². The van der Waals surface area contributed by atoms with Crippen LogP contribution in [0.15, 0.2) is 30.3 Å². The highest BCUT2D eigenvalue weighted by molar-refractivity contribution is 5.74. The number of hydrogen-bond acceptors (Lipinski definition) is 5. The van der Waals surface area contributed by atoms with Crippen molar-refractivity contribution in [3.8, 4) is 0 Å². The molecule has 0 bridgehead atoms. The molecule has 0 amide bonds. The molecule has 0 saturated carbocycles. The fraction of sp³-hybridized carbons (Fsp3) is 0.417. The number of nitrogens with two attached hydrogens (primary N) is 1. The first-order valence-electron chi connectivity index (χ1n) is 5.41. The van der Waals surface area contributed by atoms with Crippen molar-refractivity contribution < 1.29 is 19.4 Å². The standard InChI is InChI=1S/C12H17NO4/c13-6-7-16-11(8-14)12(15)17-9-10-4-2-1-3-5-10/h1-5,11,14H,6-9,13H2. The molecule has 0 saturated heterocycles. The van der Waals surface area contributed by atoms with Gasteiger partial charge in [0.25, 0.3) is 0 Å². The number of carbonyl (C=O) groups excluding carboxylic acids is 1. The second-order valence-corrected chi connectivity index (χ2v) is 3.42. The quantitative estimate of drug-likeness (QED) is 0.658. The lowest BCUT2D eigenvalue weighted by atomic mass is 10.2. The highest BCUT2D eigenvalue weighted by atomic mass is 16.6. The molecule has 3 N–H and O–H groups in total. The lowest BCUT2D eigenvalue weighted by Gasteiger charge is -2.14. The Morgan fingerprint density at radius 2 is 2.06 bits per heavy atom. The van der Waals surface area contributed by atoms with Crippen LogP contribution in [-0.4, -0.2) is 36.9 Å². The number of aliphatic hydroxyl groups excluding tert-OH is 1. The van der Waals surface area contributed by atoms with Gasteiger partial charge in [0.1, 0.15) is 6.61 Å². The minimum atomic E-state index is -0.956. The van der Waals surface area contributed by atoms with E-state index in [2.05, 4.69) is 0 Å². The number of rotatable bonds is 7.